The predicted molar refractivity (Wildman–Crippen MR) is 41.3 cm³/mol. The molecule has 0 radical (unpaired) electrons. The van der Waals surface area contributed by atoms with Crippen LogP contribution in [0.25, 0.3) is 0 Å². The third kappa shape index (κ3) is 1.33. The number of halogens is 1. The Morgan fingerprint density at radius 3 is 2.55 bits per heavy atom. The molecule has 11 heavy (non-hydrogen) atoms. The maximum atomic E-state index is 9.16. The van der Waals surface area contributed by atoms with Crippen LogP contribution in [0.3, 0.4) is 0 Å². The zero-order valence-corrected chi connectivity index (χ0v) is 6.59. The fourth-order valence-electron chi connectivity index (χ4n) is 0.701. The molecule has 1 aromatic carbocycles. The molecule has 0 bridgehead atoms. The van der Waals surface area contributed by atoms with Gasteiger partial charge in [0, 0.05) is 0 Å². The summed E-state index contributed by atoms with van der Waals surface area (Å²) < 4.78 is 4.74. The highest BCUT2D eigenvalue weighted by Crippen LogP contribution is 2.39. The molecule has 0 aliphatic rings. The second-order valence-electron chi connectivity index (χ2n) is 1.95. The van der Waals surface area contributed by atoms with Gasteiger partial charge in [0.1, 0.15) is 10.8 Å². The molecule has 0 saturated carbocycles. The summed E-state index contributed by atoms with van der Waals surface area (Å²) in [7, 11) is 1.41. The monoisotopic (exact) mass is 174 g/mol. The summed E-state index contributed by atoms with van der Waals surface area (Å²) in [5.74, 6) is -0.160. The normalized spacial score (nSPS) is 9.64. The lowest BCUT2D eigenvalue weighted by Crippen LogP contribution is -1.83. The summed E-state index contributed by atoms with van der Waals surface area (Å²) in [5, 5.41) is 18.0. The van der Waals surface area contributed by atoms with E-state index < -0.39 is 0 Å². The molecule has 0 heterocycles. The Morgan fingerprint density at radius 1 is 1.36 bits per heavy atom. The van der Waals surface area contributed by atoms with E-state index in [4.69, 9.17) is 26.6 Å². The first kappa shape index (κ1) is 8.01. The van der Waals surface area contributed by atoms with E-state index >= 15 is 0 Å². The number of methoxy groups -OCH3 is 1. The van der Waals surface area contributed by atoms with Gasteiger partial charge in [-0.1, -0.05) is 11.6 Å². The van der Waals surface area contributed by atoms with Gasteiger partial charge in [0.05, 0.1) is 7.11 Å². The SMILES string of the molecule is COc1ccc(O)c(Cl)c1O. The lowest BCUT2D eigenvalue weighted by Gasteiger charge is -2.04. The topological polar surface area (TPSA) is 49.7 Å². The summed E-state index contributed by atoms with van der Waals surface area (Å²) in [6, 6.07) is 2.78. The Labute approximate surface area is 68.8 Å². The minimum Gasteiger partial charge on any atom is -0.506 e. The molecule has 0 aromatic heterocycles. The molecule has 1 rings (SSSR count). The smallest absolute Gasteiger partial charge is 0.180 e. The number of aromatic hydroxyl groups is 2. The molecule has 0 atom stereocenters. The van der Waals surface area contributed by atoms with E-state index in [1.54, 1.807) is 0 Å². The van der Waals surface area contributed by atoms with Gasteiger partial charge < -0.3 is 14.9 Å². The number of hydrogen-bond acceptors (Lipinski definition) is 3. The van der Waals surface area contributed by atoms with E-state index in [9.17, 15) is 0 Å². The zero-order chi connectivity index (χ0) is 8.43. The maximum Gasteiger partial charge on any atom is 0.180 e. The number of phenols is 2. The standard InChI is InChI=1S/C7H7ClO3/c1-11-5-3-2-4(9)6(8)7(5)10/h2-3,9-10H,1H3. The molecule has 0 saturated heterocycles. The third-order valence-corrected chi connectivity index (χ3v) is 1.65. The van der Waals surface area contributed by atoms with Gasteiger partial charge in [-0.2, -0.15) is 0 Å². The Hall–Kier alpha value is -1.09. The summed E-state index contributed by atoms with van der Waals surface area (Å²) in [5.41, 5.74) is 0. The van der Waals surface area contributed by atoms with Crippen LogP contribution in [0.2, 0.25) is 5.02 Å². The number of benzene rings is 1. The summed E-state index contributed by atoms with van der Waals surface area (Å²) in [6.07, 6.45) is 0. The van der Waals surface area contributed by atoms with Crippen molar-refractivity contribution in [1.82, 2.24) is 0 Å². The summed E-state index contributed by atoms with van der Waals surface area (Å²) in [4.78, 5) is 0. The van der Waals surface area contributed by atoms with Crippen molar-refractivity contribution < 1.29 is 14.9 Å². The van der Waals surface area contributed by atoms with Crippen molar-refractivity contribution in [1.29, 1.82) is 0 Å². The van der Waals surface area contributed by atoms with Crippen molar-refractivity contribution in [2.75, 3.05) is 7.11 Å². The van der Waals surface area contributed by atoms with E-state index in [1.165, 1.54) is 19.2 Å². The molecule has 4 heteroatoms. The van der Waals surface area contributed by atoms with Gasteiger partial charge in [0.15, 0.2) is 11.5 Å². The Bertz CT molecular complexity index is 273. The van der Waals surface area contributed by atoms with E-state index in [0.29, 0.717) is 0 Å². The number of phenolic OH excluding ortho intramolecular Hbond substituents is 2. The third-order valence-electron chi connectivity index (χ3n) is 1.28. The summed E-state index contributed by atoms with van der Waals surface area (Å²) >= 11 is 5.48. The van der Waals surface area contributed by atoms with Crippen LogP contribution >= 0.6 is 11.6 Å². The minimum absolute atomic E-state index is 0.0932. The molecule has 0 fully saturated rings. The molecule has 1 aromatic rings. The van der Waals surface area contributed by atoms with Crippen LogP contribution in [0, 0.1) is 0 Å². The Kier molecular flexibility index (Phi) is 2.10. The Balaban J connectivity index is 3.25. The van der Waals surface area contributed by atoms with Crippen molar-refractivity contribution in [3.8, 4) is 17.2 Å². The molecular weight excluding hydrogens is 168 g/mol. The fourth-order valence-corrected chi connectivity index (χ4v) is 0.857. The molecule has 3 nitrogen and oxygen atoms in total. The van der Waals surface area contributed by atoms with Gasteiger partial charge in [-0.05, 0) is 12.1 Å². The van der Waals surface area contributed by atoms with E-state index in [2.05, 4.69) is 0 Å². The molecular formula is C7H7ClO3. The van der Waals surface area contributed by atoms with Crippen LogP contribution in [-0.2, 0) is 0 Å². The average Bonchev–Trinajstić information content (AvgIpc) is 2.01. The van der Waals surface area contributed by atoms with Gasteiger partial charge in [-0.25, -0.2) is 0 Å². The van der Waals surface area contributed by atoms with Crippen LogP contribution < -0.4 is 4.74 Å². The fraction of sp³-hybridized carbons (Fsp3) is 0.143. The highest BCUT2D eigenvalue weighted by molar-refractivity contribution is 6.33. The first-order chi connectivity index (χ1) is 5.16. The first-order valence-electron chi connectivity index (χ1n) is 2.91. The zero-order valence-electron chi connectivity index (χ0n) is 5.84. The van der Waals surface area contributed by atoms with Gasteiger partial charge in [0.2, 0.25) is 0 Å². The highest BCUT2D eigenvalue weighted by atomic mass is 35.5. The number of ether oxygens (including phenoxy) is 1. The largest absolute Gasteiger partial charge is 0.506 e. The van der Waals surface area contributed by atoms with Gasteiger partial charge in [0.25, 0.3) is 0 Å². The van der Waals surface area contributed by atoms with Crippen molar-refractivity contribution in [3.63, 3.8) is 0 Å². The quantitative estimate of drug-likeness (QED) is 0.682. The lowest BCUT2D eigenvalue weighted by atomic mass is 10.3. The van der Waals surface area contributed by atoms with Crippen molar-refractivity contribution in [2.45, 2.75) is 0 Å². The van der Waals surface area contributed by atoms with Crippen molar-refractivity contribution in [2.24, 2.45) is 0 Å². The number of rotatable bonds is 1. The van der Waals surface area contributed by atoms with Gasteiger partial charge in [-0.15, -0.1) is 0 Å². The van der Waals surface area contributed by atoms with Crippen molar-refractivity contribution >= 4 is 11.6 Å². The van der Waals surface area contributed by atoms with Crippen molar-refractivity contribution in [3.05, 3.63) is 17.2 Å². The van der Waals surface area contributed by atoms with Crippen LogP contribution in [0.4, 0.5) is 0 Å². The van der Waals surface area contributed by atoms with Gasteiger partial charge >= 0.3 is 0 Å². The van der Waals surface area contributed by atoms with Crippen LogP contribution in [-0.4, -0.2) is 17.3 Å². The molecule has 0 aliphatic heterocycles. The second-order valence-corrected chi connectivity index (χ2v) is 2.33. The lowest BCUT2D eigenvalue weighted by molar-refractivity contribution is 0.370. The summed E-state index contributed by atoms with van der Waals surface area (Å²) in [6.45, 7) is 0. The van der Waals surface area contributed by atoms with Gasteiger partial charge in [-0.3, -0.25) is 0 Å². The molecule has 2 N–H and O–H groups in total. The number of hydrogen-bond donors (Lipinski definition) is 2. The maximum absolute atomic E-state index is 9.16. The second kappa shape index (κ2) is 2.88. The Morgan fingerprint density at radius 2 is 2.00 bits per heavy atom. The van der Waals surface area contributed by atoms with E-state index in [-0.39, 0.29) is 22.3 Å². The molecule has 0 amide bonds. The highest BCUT2D eigenvalue weighted by Gasteiger charge is 2.09. The van der Waals surface area contributed by atoms with Crippen LogP contribution in [0.1, 0.15) is 0 Å². The predicted octanol–water partition coefficient (Wildman–Crippen LogP) is 1.76. The first-order valence-corrected chi connectivity index (χ1v) is 3.29. The molecule has 0 spiro atoms. The minimum atomic E-state index is -0.242. The van der Waals surface area contributed by atoms with E-state index in [0.717, 1.165) is 0 Å². The molecule has 0 aliphatic carbocycles. The average molecular weight is 175 g/mol. The van der Waals surface area contributed by atoms with Crippen LogP contribution in [0.15, 0.2) is 12.1 Å². The van der Waals surface area contributed by atoms with Crippen LogP contribution in [0.5, 0.6) is 17.2 Å². The molecule has 0 unspecified atom stereocenters. The molecule has 60 valence electrons. The van der Waals surface area contributed by atoms with E-state index in [1.807, 2.05) is 0 Å².